The summed E-state index contributed by atoms with van der Waals surface area (Å²) in [5, 5.41) is 3.57. The summed E-state index contributed by atoms with van der Waals surface area (Å²) in [4.78, 5) is 6.89. The van der Waals surface area contributed by atoms with Crippen molar-refractivity contribution in [1.29, 1.82) is 0 Å². The van der Waals surface area contributed by atoms with E-state index in [1.54, 1.807) is 0 Å². The lowest BCUT2D eigenvalue weighted by atomic mass is 10.1. The lowest BCUT2D eigenvalue weighted by Gasteiger charge is -2.21. The Morgan fingerprint density at radius 1 is 1.24 bits per heavy atom. The van der Waals surface area contributed by atoms with Crippen LogP contribution in [0.25, 0.3) is 0 Å². The molecule has 1 atom stereocenters. The van der Waals surface area contributed by atoms with Crippen molar-refractivity contribution in [2.45, 2.75) is 32.7 Å². The summed E-state index contributed by atoms with van der Waals surface area (Å²) in [7, 11) is 2.03. The van der Waals surface area contributed by atoms with Gasteiger partial charge in [-0.2, -0.15) is 0 Å². The van der Waals surface area contributed by atoms with Crippen LogP contribution in [-0.4, -0.2) is 22.6 Å². The third-order valence-electron chi connectivity index (χ3n) is 4.30. The van der Waals surface area contributed by atoms with E-state index in [0.29, 0.717) is 0 Å². The standard InChI is InChI=1S/C17H24N4/c1-13-12-15(21-9-4-5-10-21)6-7-16(13)19-14(2)17-18-8-11-20(17)3/h6-8,11-12,14,19H,4-5,9-10H2,1-3H3. The molecule has 2 heterocycles. The van der Waals surface area contributed by atoms with E-state index in [-0.39, 0.29) is 6.04 Å². The highest BCUT2D eigenvalue weighted by molar-refractivity contribution is 5.61. The van der Waals surface area contributed by atoms with Crippen LogP contribution in [0, 0.1) is 6.92 Å². The topological polar surface area (TPSA) is 33.1 Å². The van der Waals surface area contributed by atoms with E-state index in [1.165, 1.54) is 42.9 Å². The molecule has 1 aromatic carbocycles. The van der Waals surface area contributed by atoms with E-state index in [1.807, 2.05) is 19.4 Å². The quantitative estimate of drug-likeness (QED) is 0.933. The zero-order valence-corrected chi connectivity index (χ0v) is 13.1. The summed E-state index contributed by atoms with van der Waals surface area (Å²) in [5.41, 5.74) is 3.83. The number of nitrogens with one attached hydrogen (secondary N) is 1. The van der Waals surface area contributed by atoms with Gasteiger partial charge in [0.15, 0.2) is 0 Å². The molecule has 1 saturated heterocycles. The Hall–Kier alpha value is -1.97. The highest BCUT2D eigenvalue weighted by Crippen LogP contribution is 2.27. The fraction of sp³-hybridized carbons (Fsp3) is 0.471. The molecule has 3 rings (SSSR count). The van der Waals surface area contributed by atoms with Gasteiger partial charge in [0.2, 0.25) is 0 Å². The maximum absolute atomic E-state index is 4.41. The smallest absolute Gasteiger partial charge is 0.130 e. The number of nitrogens with zero attached hydrogens (tertiary/aromatic N) is 3. The molecule has 0 aliphatic carbocycles. The van der Waals surface area contributed by atoms with Crippen molar-refractivity contribution in [2.75, 3.05) is 23.3 Å². The summed E-state index contributed by atoms with van der Waals surface area (Å²) < 4.78 is 2.06. The van der Waals surface area contributed by atoms with Crippen LogP contribution >= 0.6 is 0 Å². The van der Waals surface area contributed by atoms with E-state index in [2.05, 4.69) is 51.8 Å². The van der Waals surface area contributed by atoms with E-state index < -0.39 is 0 Å². The molecule has 21 heavy (non-hydrogen) atoms. The second kappa shape index (κ2) is 5.80. The Balaban J connectivity index is 1.75. The van der Waals surface area contributed by atoms with Crippen LogP contribution in [0.5, 0.6) is 0 Å². The highest BCUT2D eigenvalue weighted by Gasteiger charge is 2.14. The van der Waals surface area contributed by atoms with Gasteiger partial charge in [-0.05, 0) is 50.5 Å². The summed E-state index contributed by atoms with van der Waals surface area (Å²) in [6.07, 6.45) is 6.46. The Kier molecular flexibility index (Phi) is 3.86. The number of hydrogen-bond donors (Lipinski definition) is 1. The number of imidazole rings is 1. The normalized spacial score (nSPS) is 16.2. The molecule has 0 amide bonds. The maximum atomic E-state index is 4.41. The zero-order chi connectivity index (χ0) is 14.8. The molecule has 0 bridgehead atoms. The average molecular weight is 284 g/mol. The molecule has 1 unspecified atom stereocenters. The average Bonchev–Trinajstić information content (AvgIpc) is 3.12. The molecule has 1 fully saturated rings. The number of benzene rings is 1. The first-order valence-electron chi connectivity index (χ1n) is 7.74. The predicted molar refractivity (Wildman–Crippen MR) is 87.9 cm³/mol. The number of aromatic nitrogens is 2. The highest BCUT2D eigenvalue weighted by atomic mass is 15.1. The molecule has 4 heteroatoms. The number of rotatable bonds is 4. The molecule has 112 valence electrons. The first-order valence-corrected chi connectivity index (χ1v) is 7.74. The van der Waals surface area contributed by atoms with Crippen LogP contribution in [0.2, 0.25) is 0 Å². The fourth-order valence-electron chi connectivity index (χ4n) is 3.07. The summed E-state index contributed by atoms with van der Waals surface area (Å²) in [6.45, 7) is 6.70. The molecule has 2 aromatic rings. The second-order valence-electron chi connectivity index (χ2n) is 5.96. The van der Waals surface area contributed by atoms with Gasteiger partial charge in [0.1, 0.15) is 5.82 Å². The van der Waals surface area contributed by atoms with Crippen molar-refractivity contribution in [2.24, 2.45) is 7.05 Å². The van der Waals surface area contributed by atoms with Gasteiger partial charge in [-0.25, -0.2) is 4.98 Å². The number of aryl methyl sites for hydroxylation is 2. The van der Waals surface area contributed by atoms with Crippen molar-refractivity contribution < 1.29 is 0 Å². The SMILES string of the molecule is Cc1cc(N2CCCC2)ccc1NC(C)c1nccn1C. The van der Waals surface area contributed by atoms with Gasteiger partial charge in [-0.3, -0.25) is 0 Å². The number of hydrogen-bond acceptors (Lipinski definition) is 3. The Morgan fingerprint density at radius 3 is 2.62 bits per heavy atom. The maximum Gasteiger partial charge on any atom is 0.130 e. The van der Waals surface area contributed by atoms with Gasteiger partial charge >= 0.3 is 0 Å². The zero-order valence-electron chi connectivity index (χ0n) is 13.1. The lowest BCUT2D eigenvalue weighted by Crippen LogP contribution is -2.18. The van der Waals surface area contributed by atoms with Crippen LogP contribution in [0.4, 0.5) is 11.4 Å². The first kappa shape index (κ1) is 14.0. The summed E-state index contributed by atoms with van der Waals surface area (Å²) in [6, 6.07) is 6.91. The third-order valence-corrected chi connectivity index (χ3v) is 4.30. The number of anilines is 2. The van der Waals surface area contributed by atoms with Crippen LogP contribution < -0.4 is 10.2 Å². The van der Waals surface area contributed by atoms with Crippen LogP contribution in [0.3, 0.4) is 0 Å². The van der Waals surface area contributed by atoms with Gasteiger partial charge in [0.25, 0.3) is 0 Å². The van der Waals surface area contributed by atoms with Crippen molar-refractivity contribution in [3.8, 4) is 0 Å². The van der Waals surface area contributed by atoms with Gasteiger partial charge < -0.3 is 14.8 Å². The van der Waals surface area contributed by atoms with Gasteiger partial charge in [0, 0.05) is 43.9 Å². The van der Waals surface area contributed by atoms with Crippen molar-refractivity contribution in [1.82, 2.24) is 9.55 Å². The third kappa shape index (κ3) is 2.89. The largest absolute Gasteiger partial charge is 0.375 e. The van der Waals surface area contributed by atoms with Crippen LogP contribution in [0.15, 0.2) is 30.6 Å². The Labute approximate surface area is 126 Å². The van der Waals surface area contributed by atoms with Gasteiger partial charge in [0.05, 0.1) is 6.04 Å². The van der Waals surface area contributed by atoms with Gasteiger partial charge in [-0.1, -0.05) is 0 Å². The predicted octanol–water partition coefficient (Wildman–Crippen LogP) is 3.50. The Bertz CT molecular complexity index is 611. The van der Waals surface area contributed by atoms with Crippen LogP contribution in [-0.2, 0) is 7.05 Å². The van der Waals surface area contributed by atoms with E-state index >= 15 is 0 Å². The van der Waals surface area contributed by atoms with E-state index in [0.717, 1.165) is 5.82 Å². The lowest BCUT2D eigenvalue weighted by molar-refractivity contribution is 0.721. The van der Waals surface area contributed by atoms with Crippen molar-refractivity contribution >= 4 is 11.4 Å². The molecule has 0 saturated carbocycles. The van der Waals surface area contributed by atoms with Crippen LogP contribution in [0.1, 0.15) is 37.2 Å². The second-order valence-corrected chi connectivity index (χ2v) is 5.96. The first-order chi connectivity index (χ1) is 10.1. The minimum atomic E-state index is 0.196. The monoisotopic (exact) mass is 284 g/mol. The molecule has 0 radical (unpaired) electrons. The van der Waals surface area contributed by atoms with E-state index in [9.17, 15) is 0 Å². The molecule has 1 aromatic heterocycles. The van der Waals surface area contributed by atoms with Crippen molar-refractivity contribution in [3.05, 3.63) is 42.0 Å². The van der Waals surface area contributed by atoms with Crippen molar-refractivity contribution in [3.63, 3.8) is 0 Å². The molecule has 1 aliphatic heterocycles. The van der Waals surface area contributed by atoms with Gasteiger partial charge in [-0.15, -0.1) is 0 Å². The fourth-order valence-corrected chi connectivity index (χ4v) is 3.07. The summed E-state index contributed by atoms with van der Waals surface area (Å²) >= 11 is 0. The molecular formula is C17H24N4. The van der Waals surface area contributed by atoms with E-state index in [4.69, 9.17) is 0 Å². The molecule has 4 nitrogen and oxygen atoms in total. The minimum Gasteiger partial charge on any atom is -0.375 e. The molecule has 0 spiro atoms. The molecule has 1 N–H and O–H groups in total. The molecule has 1 aliphatic rings. The minimum absolute atomic E-state index is 0.196. The molecular weight excluding hydrogens is 260 g/mol. The Morgan fingerprint density at radius 2 is 2.00 bits per heavy atom. The summed E-state index contributed by atoms with van der Waals surface area (Å²) in [5.74, 6) is 1.05.